The molecule has 5 heteroatoms. The lowest BCUT2D eigenvalue weighted by molar-refractivity contribution is -0.134. The molecule has 0 bridgehead atoms. The minimum absolute atomic E-state index is 0.123. The van der Waals surface area contributed by atoms with Crippen molar-refractivity contribution in [1.29, 1.82) is 0 Å². The number of hydrogen-bond acceptors (Lipinski definition) is 3. The number of amides is 1. The highest BCUT2D eigenvalue weighted by Crippen LogP contribution is 2.42. The Hall–Kier alpha value is -0.680. The molecule has 4 nitrogen and oxygen atoms in total. The van der Waals surface area contributed by atoms with Gasteiger partial charge in [0.05, 0.1) is 0 Å². The van der Waals surface area contributed by atoms with E-state index >= 15 is 0 Å². The van der Waals surface area contributed by atoms with Gasteiger partial charge >= 0.3 is 0 Å². The quantitative estimate of drug-likeness (QED) is 0.764. The molecule has 0 aromatic carbocycles. The van der Waals surface area contributed by atoms with Crippen LogP contribution in [0.4, 0.5) is 4.39 Å². The van der Waals surface area contributed by atoms with Crippen LogP contribution in [0.1, 0.15) is 59.3 Å². The lowest BCUT2D eigenvalue weighted by atomic mass is 9.71. The summed E-state index contributed by atoms with van der Waals surface area (Å²) >= 11 is 0. The minimum atomic E-state index is -0.708. The predicted molar refractivity (Wildman–Crippen MR) is 104 cm³/mol. The Morgan fingerprint density at radius 1 is 1.08 bits per heavy atom. The smallest absolute Gasteiger partial charge is 0.222 e. The summed E-state index contributed by atoms with van der Waals surface area (Å²) in [4.78, 5) is 18.7. The van der Waals surface area contributed by atoms with E-state index in [0.717, 1.165) is 58.5 Å². The van der Waals surface area contributed by atoms with Crippen LogP contribution in [0, 0.1) is 11.3 Å². The number of hydrogen-bond donors (Lipinski definition) is 0. The Kier molecular flexibility index (Phi) is 6.60. The molecule has 0 aliphatic carbocycles. The summed E-state index contributed by atoms with van der Waals surface area (Å²) < 4.78 is 14.8. The highest BCUT2D eigenvalue weighted by molar-refractivity contribution is 5.75. The van der Waals surface area contributed by atoms with Gasteiger partial charge in [0.1, 0.15) is 6.17 Å². The number of alkyl halides is 1. The van der Waals surface area contributed by atoms with E-state index < -0.39 is 6.17 Å². The molecule has 3 heterocycles. The van der Waals surface area contributed by atoms with Crippen LogP contribution in [0.15, 0.2) is 0 Å². The second-order valence-electron chi connectivity index (χ2n) is 9.30. The van der Waals surface area contributed by atoms with Gasteiger partial charge in [-0.25, -0.2) is 4.39 Å². The molecular formula is C21H38FN3O. The lowest BCUT2D eigenvalue weighted by Gasteiger charge is -2.50. The van der Waals surface area contributed by atoms with Gasteiger partial charge in [0.15, 0.2) is 0 Å². The molecule has 3 rings (SSSR count). The number of rotatable bonds is 4. The summed E-state index contributed by atoms with van der Waals surface area (Å²) in [5.74, 6) is 0.907. The van der Waals surface area contributed by atoms with Gasteiger partial charge in [-0.05, 0) is 63.1 Å². The van der Waals surface area contributed by atoms with E-state index in [4.69, 9.17) is 0 Å². The minimum Gasteiger partial charge on any atom is -0.343 e. The normalized spacial score (nSPS) is 30.9. The van der Waals surface area contributed by atoms with Crippen molar-refractivity contribution < 1.29 is 9.18 Å². The first-order valence-electron chi connectivity index (χ1n) is 10.8. The first-order chi connectivity index (χ1) is 12.4. The molecule has 150 valence electrons. The molecule has 0 N–H and O–H groups in total. The van der Waals surface area contributed by atoms with E-state index in [1.54, 1.807) is 0 Å². The number of halogens is 1. The second kappa shape index (κ2) is 8.55. The standard InChI is InChI=1S/C21H38FN3O/c1-4-20(26)25-13-8-21(9-14-25)6-11-24(12-7-21)19-5-10-23(15-17(2)3)16-18(19)22/h17-19H,4-16H2,1-3H3/t18-,19+/m0/s1. The van der Waals surface area contributed by atoms with E-state index in [-0.39, 0.29) is 6.04 Å². The maximum absolute atomic E-state index is 14.8. The Labute approximate surface area is 159 Å². The molecule has 2 atom stereocenters. The van der Waals surface area contributed by atoms with Crippen LogP contribution in [0.5, 0.6) is 0 Å². The maximum Gasteiger partial charge on any atom is 0.222 e. The van der Waals surface area contributed by atoms with E-state index in [2.05, 4.69) is 23.6 Å². The molecule has 0 aromatic rings. The summed E-state index contributed by atoms with van der Waals surface area (Å²) in [7, 11) is 0. The first-order valence-corrected chi connectivity index (χ1v) is 10.8. The summed E-state index contributed by atoms with van der Waals surface area (Å²) in [6.07, 6.45) is 5.52. The SMILES string of the molecule is CCC(=O)N1CCC2(CC1)CCN([C@@H]1CCN(CC(C)C)C[C@@H]1F)CC2. The van der Waals surface area contributed by atoms with Crippen LogP contribution in [0.25, 0.3) is 0 Å². The third kappa shape index (κ3) is 4.59. The number of likely N-dealkylation sites (tertiary alicyclic amines) is 3. The highest BCUT2D eigenvalue weighted by atomic mass is 19.1. The predicted octanol–water partition coefficient (Wildman–Crippen LogP) is 3.17. The van der Waals surface area contributed by atoms with Crippen LogP contribution in [0.3, 0.4) is 0 Å². The van der Waals surface area contributed by atoms with Crippen molar-refractivity contribution in [2.75, 3.05) is 45.8 Å². The fourth-order valence-electron chi connectivity index (χ4n) is 5.33. The molecule has 3 saturated heterocycles. The number of carbonyl (C=O) groups excluding carboxylic acids is 1. The van der Waals surface area contributed by atoms with Crippen LogP contribution < -0.4 is 0 Å². The van der Waals surface area contributed by atoms with Gasteiger partial charge in [-0.2, -0.15) is 0 Å². The molecule has 3 fully saturated rings. The van der Waals surface area contributed by atoms with Crippen molar-refractivity contribution in [2.24, 2.45) is 11.3 Å². The summed E-state index contributed by atoms with van der Waals surface area (Å²) in [6, 6.07) is 0.123. The van der Waals surface area contributed by atoms with Gasteiger partial charge in [-0.3, -0.25) is 9.69 Å². The van der Waals surface area contributed by atoms with Crippen molar-refractivity contribution in [3.8, 4) is 0 Å². The van der Waals surface area contributed by atoms with Gasteiger partial charge in [0.2, 0.25) is 5.91 Å². The maximum atomic E-state index is 14.8. The van der Waals surface area contributed by atoms with E-state index in [1.165, 1.54) is 12.8 Å². The summed E-state index contributed by atoms with van der Waals surface area (Å²) in [5, 5.41) is 0. The zero-order valence-corrected chi connectivity index (χ0v) is 17.1. The molecule has 1 amide bonds. The Morgan fingerprint density at radius 3 is 2.23 bits per heavy atom. The Morgan fingerprint density at radius 2 is 1.69 bits per heavy atom. The average molecular weight is 368 g/mol. The second-order valence-corrected chi connectivity index (χ2v) is 9.30. The number of nitrogens with zero attached hydrogens (tertiary/aromatic N) is 3. The van der Waals surface area contributed by atoms with Gasteiger partial charge in [-0.1, -0.05) is 20.8 Å². The van der Waals surface area contributed by atoms with Crippen molar-refractivity contribution in [3.63, 3.8) is 0 Å². The van der Waals surface area contributed by atoms with Crippen LogP contribution in [0.2, 0.25) is 0 Å². The third-order valence-corrected chi connectivity index (χ3v) is 7.02. The van der Waals surface area contributed by atoms with Gasteiger partial charge in [0, 0.05) is 38.6 Å². The van der Waals surface area contributed by atoms with Gasteiger partial charge < -0.3 is 9.80 Å². The monoisotopic (exact) mass is 367 g/mol. The lowest BCUT2D eigenvalue weighted by Crippen LogP contribution is -2.56. The van der Waals surface area contributed by atoms with Crippen LogP contribution >= 0.6 is 0 Å². The Balaban J connectivity index is 1.46. The molecule has 0 aromatic heterocycles. The third-order valence-electron chi connectivity index (χ3n) is 7.02. The van der Waals surface area contributed by atoms with Crippen LogP contribution in [-0.4, -0.2) is 78.6 Å². The van der Waals surface area contributed by atoms with Gasteiger partial charge in [0.25, 0.3) is 0 Å². The first kappa shape index (κ1) is 20.1. The molecule has 0 unspecified atom stereocenters. The zero-order valence-electron chi connectivity index (χ0n) is 17.1. The largest absolute Gasteiger partial charge is 0.343 e. The molecule has 26 heavy (non-hydrogen) atoms. The van der Waals surface area contributed by atoms with E-state index in [0.29, 0.717) is 30.2 Å². The summed E-state index contributed by atoms with van der Waals surface area (Å²) in [6.45, 7) is 13.0. The zero-order chi connectivity index (χ0) is 18.7. The molecular weight excluding hydrogens is 329 g/mol. The van der Waals surface area contributed by atoms with E-state index in [9.17, 15) is 9.18 Å². The number of piperidine rings is 3. The van der Waals surface area contributed by atoms with Crippen molar-refractivity contribution in [2.45, 2.75) is 71.5 Å². The van der Waals surface area contributed by atoms with E-state index in [1.807, 2.05) is 11.8 Å². The van der Waals surface area contributed by atoms with Crippen LogP contribution in [-0.2, 0) is 4.79 Å². The molecule has 3 aliphatic rings. The fourth-order valence-corrected chi connectivity index (χ4v) is 5.33. The summed E-state index contributed by atoms with van der Waals surface area (Å²) in [5.41, 5.74) is 0.408. The van der Waals surface area contributed by atoms with Crippen molar-refractivity contribution in [3.05, 3.63) is 0 Å². The Bertz CT molecular complexity index is 466. The molecule has 0 radical (unpaired) electrons. The average Bonchev–Trinajstić information content (AvgIpc) is 2.62. The topological polar surface area (TPSA) is 26.8 Å². The van der Waals surface area contributed by atoms with Crippen molar-refractivity contribution in [1.82, 2.24) is 14.7 Å². The highest BCUT2D eigenvalue weighted by Gasteiger charge is 2.41. The van der Waals surface area contributed by atoms with Crippen molar-refractivity contribution >= 4 is 5.91 Å². The molecule has 1 spiro atoms. The number of carbonyl (C=O) groups is 1. The fraction of sp³-hybridized carbons (Fsp3) is 0.952. The molecule has 0 saturated carbocycles. The van der Waals surface area contributed by atoms with Gasteiger partial charge in [-0.15, -0.1) is 0 Å². The molecule has 3 aliphatic heterocycles.